The highest BCUT2D eigenvalue weighted by Crippen LogP contribution is 2.32. The van der Waals surface area contributed by atoms with Gasteiger partial charge in [-0.1, -0.05) is 0 Å². The Morgan fingerprint density at radius 3 is 2.51 bits per heavy atom. The van der Waals surface area contributed by atoms with Crippen molar-refractivity contribution in [1.82, 2.24) is 24.2 Å². The number of carbonyl (C=O) groups is 2. The Hall–Kier alpha value is -4.66. The van der Waals surface area contributed by atoms with Gasteiger partial charge < -0.3 is 35.2 Å². The second kappa shape index (κ2) is 13.2. The number of imidazole rings is 1. The highest BCUT2D eigenvalue weighted by Gasteiger charge is 2.39. The van der Waals surface area contributed by atoms with Gasteiger partial charge in [0.15, 0.2) is 23.0 Å². The summed E-state index contributed by atoms with van der Waals surface area (Å²) < 4.78 is 35.7. The molecule has 0 unspecified atom stereocenters. The highest BCUT2D eigenvalue weighted by atomic mass is 19.2. The minimum atomic E-state index is -1.11. The molecule has 0 spiro atoms. The summed E-state index contributed by atoms with van der Waals surface area (Å²) in [5.74, 6) is -3.16. The SMILES string of the molecule is COc1ccc(-c2cnc3c(Nc4ccc(C(=O)N5CCC(C(=O)N6C[C@H](CO)[C@@H](O)[C@H](O)C6)CC5)c(C)c4)nccn23)c(F)c1F. The molecule has 2 saturated heterocycles. The maximum Gasteiger partial charge on any atom is 0.254 e. The van der Waals surface area contributed by atoms with E-state index in [1.54, 1.807) is 27.6 Å². The molecular formula is C33H36F2N6O6. The first kappa shape index (κ1) is 32.3. The van der Waals surface area contributed by atoms with E-state index >= 15 is 0 Å². The molecule has 2 fully saturated rings. The van der Waals surface area contributed by atoms with Crippen LogP contribution >= 0.6 is 0 Å². The zero-order valence-corrected chi connectivity index (χ0v) is 25.9. The van der Waals surface area contributed by atoms with Crippen molar-refractivity contribution in [2.75, 3.05) is 45.2 Å². The molecule has 2 aliphatic rings. The summed E-state index contributed by atoms with van der Waals surface area (Å²) in [5.41, 5.74) is 2.61. The van der Waals surface area contributed by atoms with Crippen LogP contribution in [0.15, 0.2) is 48.9 Å². The van der Waals surface area contributed by atoms with E-state index < -0.39 is 29.8 Å². The Morgan fingerprint density at radius 1 is 1.04 bits per heavy atom. The molecule has 0 bridgehead atoms. The van der Waals surface area contributed by atoms with Gasteiger partial charge in [0.25, 0.3) is 5.91 Å². The van der Waals surface area contributed by atoms with Crippen molar-refractivity contribution in [1.29, 1.82) is 0 Å². The van der Waals surface area contributed by atoms with E-state index in [-0.39, 0.29) is 48.7 Å². The molecule has 2 aromatic carbocycles. The standard InChI is InChI=1S/C33H36F2N6O6/c1-18-13-21(38-30-31-37-14-24(41(31)12-9-36-30)23-5-6-26(47-2)28(35)27(23)34)3-4-22(18)33(46)39-10-7-19(8-11-39)32(45)40-15-20(17-42)29(44)25(43)16-40/h3-6,9,12-14,19-20,25,29,42-44H,7-8,10-11,15-17H2,1-2H3,(H,36,38)/t20-,25-,29-/m1/s1. The van der Waals surface area contributed by atoms with E-state index in [1.165, 1.54) is 36.5 Å². The molecule has 4 aromatic rings. The van der Waals surface area contributed by atoms with Gasteiger partial charge in [-0.25, -0.2) is 14.4 Å². The van der Waals surface area contributed by atoms with Gasteiger partial charge in [-0.2, -0.15) is 4.39 Å². The Labute approximate surface area is 269 Å². The van der Waals surface area contributed by atoms with Crippen LogP contribution in [0.25, 0.3) is 16.9 Å². The van der Waals surface area contributed by atoms with Crippen molar-refractivity contribution >= 4 is 29.0 Å². The number of methoxy groups -OCH3 is 1. The number of benzene rings is 2. The topological polar surface area (TPSA) is 153 Å². The van der Waals surface area contributed by atoms with Crippen LogP contribution in [0, 0.1) is 30.4 Å². The number of aryl methyl sites for hydroxylation is 1. The molecule has 2 amide bonds. The number of amides is 2. The first-order chi connectivity index (χ1) is 22.6. The van der Waals surface area contributed by atoms with E-state index in [2.05, 4.69) is 15.3 Å². The third-order valence-electron chi connectivity index (χ3n) is 9.11. The summed E-state index contributed by atoms with van der Waals surface area (Å²) in [6.07, 6.45) is 3.30. The van der Waals surface area contributed by atoms with Crippen LogP contribution in [-0.2, 0) is 4.79 Å². The van der Waals surface area contributed by atoms with Crippen molar-refractivity contribution < 1.29 is 38.4 Å². The van der Waals surface area contributed by atoms with Gasteiger partial charge in [-0.05, 0) is 55.7 Å². The number of likely N-dealkylation sites (tertiary alicyclic amines) is 2. The van der Waals surface area contributed by atoms with Gasteiger partial charge in [-0.15, -0.1) is 0 Å². The average Bonchev–Trinajstić information content (AvgIpc) is 3.51. The number of carbonyl (C=O) groups excluding carboxylic acids is 2. The zero-order valence-electron chi connectivity index (χ0n) is 25.9. The van der Waals surface area contributed by atoms with E-state index in [1.807, 2.05) is 13.0 Å². The lowest BCUT2D eigenvalue weighted by Gasteiger charge is -2.41. The molecule has 248 valence electrons. The van der Waals surface area contributed by atoms with Gasteiger partial charge in [0, 0.05) is 67.2 Å². The summed E-state index contributed by atoms with van der Waals surface area (Å²) in [5, 5.41) is 32.9. The van der Waals surface area contributed by atoms with Gasteiger partial charge in [0.05, 0.1) is 37.8 Å². The fraction of sp³-hybridized carbons (Fsp3) is 0.394. The predicted octanol–water partition coefficient (Wildman–Crippen LogP) is 2.76. The fourth-order valence-corrected chi connectivity index (χ4v) is 6.43. The Balaban J connectivity index is 1.12. The van der Waals surface area contributed by atoms with E-state index in [9.17, 15) is 33.7 Å². The number of aliphatic hydroxyl groups is 3. The van der Waals surface area contributed by atoms with Gasteiger partial charge in [-0.3, -0.25) is 14.0 Å². The van der Waals surface area contributed by atoms with Gasteiger partial charge in [0.1, 0.15) is 0 Å². The van der Waals surface area contributed by atoms with Crippen LogP contribution in [0.1, 0.15) is 28.8 Å². The van der Waals surface area contributed by atoms with Crippen LogP contribution in [0.2, 0.25) is 0 Å². The first-order valence-electron chi connectivity index (χ1n) is 15.4. The normalized spacial score (nSPS) is 20.4. The minimum absolute atomic E-state index is 0.0144. The molecule has 4 N–H and O–H groups in total. The molecule has 3 atom stereocenters. The van der Waals surface area contributed by atoms with Crippen molar-refractivity contribution in [3.63, 3.8) is 0 Å². The lowest BCUT2D eigenvalue weighted by atomic mass is 9.89. The third-order valence-corrected chi connectivity index (χ3v) is 9.11. The monoisotopic (exact) mass is 650 g/mol. The summed E-state index contributed by atoms with van der Waals surface area (Å²) in [6, 6.07) is 8.05. The first-order valence-corrected chi connectivity index (χ1v) is 15.4. The Morgan fingerprint density at radius 2 is 1.81 bits per heavy atom. The van der Waals surface area contributed by atoms with E-state index in [0.29, 0.717) is 54.3 Å². The largest absolute Gasteiger partial charge is 0.494 e. The zero-order chi connectivity index (χ0) is 33.4. The number of halogens is 2. The van der Waals surface area contributed by atoms with E-state index in [4.69, 9.17) is 4.74 Å². The number of rotatable bonds is 7. The molecule has 6 rings (SSSR count). The molecule has 2 aliphatic heterocycles. The molecule has 14 heteroatoms. The Bertz CT molecular complexity index is 1810. The second-order valence-electron chi connectivity index (χ2n) is 12.0. The molecule has 0 radical (unpaired) electrons. The summed E-state index contributed by atoms with van der Waals surface area (Å²) in [4.78, 5) is 38.6. The van der Waals surface area contributed by atoms with Crippen molar-refractivity contribution in [3.05, 3.63) is 71.7 Å². The number of ether oxygens (including phenoxy) is 1. The number of aromatic nitrogens is 3. The summed E-state index contributed by atoms with van der Waals surface area (Å²) in [7, 11) is 1.26. The number of piperidine rings is 2. The number of β-amino-alcohol motifs (C(OH)–C–C–N with tert-alkyl or cyclic N) is 1. The van der Waals surface area contributed by atoms with Crippen molar-refractivity contribution in [2.24, 2.45) is 11.8 Å². The number of nitrogens with one attached hydrogen (secondary N) is 1. The van der Waals surface area contributed by atoms with Crippen molar-refractivity contribution in [3.8, 4) is 17.0 Å². The number of anilines is 2. The quantitative estimate of drug-likeness (QED) is 0.237. The smallest absolute Gasteiger partial charge is 0.254 e. The van der Waals surface area contributed by atoms with Crippen LogP contribution in [-0.4, -0.2) is 103 Å². The Kier molecular flexibility index (Phi) is 9.08. The maximum absolute atomic E-state index is 14.9. The number of fused-ring (bicyclic) bond motifs is 1. The summed E-state index contributed by atoms with van der Waals surface area (Å²) in [6.45, 7) is 2.48. The third kappa shape index (κ3) is 6.11. The van der Waals surface area contributed by atoms with Crippen molar-refractivity contribution in [2.45, 2.75) is 32.0 Å². The predicted molar refractivity (Wildman–Crippen MR) is 167 cm³/mol. The van der Waals surface area contributed by atoms with E-state index in [0.717, 1.165) is 5.56 Å². The number of hydrogen-bond donors (Lipinski definition) is 4. The maximum atomic E-state index is 14.9. The fourth-order valence-electron chi connectivity index (χ4n) is 6.43. The van der Waals surface area contributed by atoms with Gasteiger partial charge in [0.2, 0.25) is 11.7 Å². The van der Waals surface area contributed by atoms with Crippen LogP contribution in [0.4, 0.5) is 20.3 Å². The van der Waals surface area contributed by atoms with Crippen LogP contribution < -0.4 is 10.1 Å². The van der Waals surface area contributed by atoms with Crippen LogP contribution in [0.5, 0.6) is 5.75 Å². The lowest BCUT2D eigenvalue weighted by molar-refractivity contribution is -0.149. The summed E-state index contributed by atoms with van der Waals surface area (Å²) >= 11 is 0. The number of nitrogens with zero attached hydrogens (tertiary/aromatic N) is 5. The highest BCUT2D eigenvalue weighted by molar-refractivity contribution is 5.96. The molecule has 12 nitrogen and oxygen atoms in total. The number of aliphatic hydroxyl groups excluding tert-OH is 3. The lowest BCUT2D eigenvalue weighted by Crippen LogP contribution is -2.57. The molecule has 4 heterocycles. The molecule has 47 heavy (non-hydrogen) atoms. The molecule has 0 aliphatic carbocycles. The minimum Gasteiger partial charge on any atom is -0.494 e. The average molecular weight is 651 g/mol. The van der Waals surface area contributed by atoms with Crippen LogP contribution in [0.3, 0.4) is 0 Å². The van der Waals surface area contributed by atoms with Gasteiger partial charge >= 0.3 is 0 Å². The molecule has 2 aromatic heterocycles. The molecular weight excluding hydrogens is 614 g/mol. The molecule has 0 saturated carbocycles. The second-order valence-corrected chi connectivity index (χ2v) is 12.0. The number of hydrogen-bond acceptors (Lipinski definition) is 9.